The molecule has 0 fully saturated rings. The Morgan fingerprint density at radius 3 is 2.76 bits per heavy atom. The van der Waals surface area contributed by atoms with E-state index < -0.39 is 11.7 Å². The highest BCUT2D eigenvalue weighted by atomic mass is 79.9. The van der Waals surface area contributed by atoms with Gasteiger partial charge in [0.25, 0.3) is 5.91 Å². The van der Waals surface area contributed by atoms with Gasteiger partial charge in [-0.05, 0) is 40.5 Å². The van der Waals surface area contributed by atoms with Crippen LogP contribution in [0.3, 0.4) is 0 Å². The lowest BCUT2D eigenvalue weighted by atomic mass is 10.2. The standard InChI is InChI=1S/C12H9BrFNO2/c1-7-3-2-4-9(14)10(7)15-12(16)8-5-6-17-11(8)13/h2-6H,1H3,(H,15,16). The fourth-order valence-electron chi connectivity index (χ4n) is 1.43. The summed E-state index contributed by atoms with van der Waals surface area (Å²) in [7, 11) is 0. The summed E-state index contributed by atoms with van der Waals surface area (Å²) < 4.78 is 18.8. The quantitative estimate of drug-likeness (QED) is 0.917. The Bertz CT molecular complexity index is 545. The summed E-state index contributed by atoms with van der Waals surface area (Å²) in [5, 5.41) is 2.52. The third kappa shape index (κ3) is 2.39. The Morgan fingerprint density at radius 1 is 1.41 bits per heavy atom. The van der Waals surface area contributed by atoms with Crippen LogP contribution in [0.15, 0.2) is 39.6 Å². The molecule has 88 valence electrons. The zero-order valence-corrected chi connectivity index (χ0v) is 10.5. The molecule has 1 aromatic carbocycles. The zero-order chi connectivity index (χ0) is 12.4. The van der Waals surface area contributed by atoms with Gasteiger partial charge in [0, 0.05) is 0 Å². The number of benzene rings is 1. The maximum absolute atomic E-state index is 13.5. The van der Waals surface area contributed by atoms with Crippen LogP contribution in [-0.2, 0) is 0 Å². The molecule has 1 amide bonds. The van der Waals surface area contributed by atoms with Crippen LogP contribution in [0, 0.1) is 12.7 Å². The summed E-state index contributed by atoms with van der Waals surface area (Å²) >= 11 is 3.10. The summed E-state index contributed by atoms with van der Waals surface area (Å²) in [4.78, 5) is 11.8. The van der Waals surface area contributed by atoms with Crippen molar-refractivity contribution in [1.82, 2.24) is 0 Å². The van der Waals surface area contributed by atoms with Crippen LogP contribution < -0.4 is 5.32 Å². The second-order valence-corrected chi connectivity index (χ2v) is 4.21. The topological polar surface area (TPSA) is 42.2 Å². The first-order chi connectivity index (χ1) is 8.09. The van der Waals surface area contributed by atoms with E-state index in [1.54, 1.807) is 19.1 Å². The van der Waals surface area contributed by atoms with E-state index in [4.69, 9.17) is 4.42 Å². The maximum atomic E-state index is 13.5. The molecule has 0 saturated heterocycles. The normalized spacial score (nSPS) is 10.3. The van der Waals surface area contributed by atoms with Crippen molar-refractivity contribution >= 4 is 27.5 Å². The van der Waals surface area contributed by atoms with Crippen LogP contribution in [0.2, 0.25) is 0 Å². The Morgan fingerprint density at radius 2 is 2.18 bits per heavy atom. The maximum Gasteiger partial charge on any atom is 0.260 e. The van der Waals surface area contributed by atoms with Gasteiger partial charge in [-0.2, -0.15) is 0 Å². The molecule has 17 heavy (non-hydrogen) atoms. The Hall–Kier alpha value is -1.62. The molecule has 0 aliphatic heterocycles. The van der Waals surface area contributed by atoms with E-state index in [0.717, 1.165) is 0 Å². The van der Waals surface area contributed by atoms with Gasteiger partial charge in [-0.15, -0.1) is 0 Å². The lowest BCUT2D eigenvalue weighted by Gasteiger charge is -2.08. The summed E-state index contributed by atoms with van der Waals surface area (Å²) in [6.45, 7) is 1.73. The average molecular weight is 298 g/mol. The van der Waals surface area contributed by atoms with Crippen LogP contribution in [0.5, 0.6) is 0 Å². The number of rotatable bonds is 2. The molecular weight excluding hydrogens is 289 g/mol. The van der Waals surface area contributed by atoms with E-state index >= 15 is 0 Å². The Labute approximate surface area is 106 Å². The largest absolute Gasteiger partial charge is 0.457 e. The number of para-hydroxylation sites is 1. The molecule has 2 rings (SSSR count). The smallest absolute Gasteiger partial charge is 0.260 e. The minimum Gasteiger partial charge on any atom is -0.457 e. The monoisotopic (exact) mass is 297 g/mol. The van der Waals surface area contributed by atoms with Gasteiger partial charge in [0.15, 0.2) is 4.67 Å². The van der Waals surface area contributed by atoms with Crippen molar-refractivity contribution in [3.63, 3.8) is 0 Å². The van der Waals surface area contributed by atoms with Crippen LogP contribution >= 0.6 is 15.9 Å². The van der Waals surface area contributed by atoms with Crippen molar-refractivity contribution in [2.24, 2.45) is 0 Å². The molecule has 1 N–H and O–H groups in total. The molecule has 0 saturated carbocycles. The molecule has 2 aromatic rings. The van der Waals surface area contributed by atoms with Gasteiger partial charge in [-0.25, -0.2) is 4.39 Å². The van der Waals surface area contributed by atoms with Gasteiger partial charge in [0.2, 0.25) is 0 Å². The second-order valence-electron chi connectivity index (χ2n) is 3.49. The minimum absolute atomic E-state index is 0.186. The van der Waals surface area contributed by atoms with Gasteiger partial charge in [-0.3, -0.25) is 4.79 Å². The van der Waals surface area contributed by atoms with Crippen molar-refractivity contribution in [2.75, 3.05) is 5.32 Å². The zero-order valence-electron chi connectivity index (χ0n) is 8.96. The number of furan rings is 1. The number of carbonyl (C=O) groups excluding carboxylic acids is 1. The number of carbonyl (C=O) groups is 1. The Kier molecular flexibility index (Phi) is 3.28. The van der Waals surface area contributed by atoms with E-state index in [0.29, 0.717) is 15.8 Å². The van der Waals surface area contributed by atoms with Crippen LogP contribution in [0.4, 0.5) is 10.1 Å². The van der Waals surface area contributed by atoms with Crippen molar-refractivity contribution in [3.05, 3.63) is 52.1 Å². The molecule has 0 aliphatic carbocycles. The number of aryl methyl sites for hydroxylation is 1. The van der Waals surface area contributed by atoms with Crippen LogP contribution in [-0.4, -0.2) is 5.91 Å². The van der Waals surface area contributed by atoms with Gasteiger partial charge < -0.3 is 9.73 Å². The summed E-state index contributed by atoms with van der Waals surface area (Å²) in [6, 6.07) is 6.12. The highest BCUT2D eigenvalue weighted by Crippen LogP contribution is 2.22. The fourth-order valence-corrected chi connectivity index (χ4v) is 1.85. The molecule has 0 radical (unpaired) electrons. The average Bonchev–Trinajstić information content (AvgIpc) is 2.70. The SMILES string of the molecule is Cc1cccc(F)c1NC(=O)c1ccoc1Br. The van der Waals surface area contributed by atoms with Crippen molar-refractivity contribution < 1.29 is 13.6 Å². The van der Waals surface area contributed by atoms with Crippen molar-refractivity contribution in [2.45, 2.75) is 6.92 Å². The molecular formula is C12H9BrFNO2. The second kappa shape index (κ2) is 4.71. The molecule has 0 aliphatic rings. The molecule has 1 heterocycles. The summed E-state index contributed by atoms with van der Waals surface area (Å²) in [6.07, 6.45) is 1.38. The lowest BCUT2D eigenvalue weighted by molar-refractivity contribution is 0.102. The Balaban J connectivity index is 2.28. The summed E-state index contributed by atoms with van der Waals surface area (Å²) in [5.74, 6) is -0.878. The number of hydrogen-bond acceptors (Lipinski definition) is 2. The van der Waals surface area contributed by atoms with Crippen LogP contribution in [0.25, 0.3) is 0 Å². The van der Waals surface area contributed by atoms with Gasteiger partial charge in [0.1, 0.15) is 5.82 Å². The molecule has 5 heteroatoms. The fraction of sp³-hybridized carbons (Fsp3) is 0.0833. The van der Waals surface area contributed by atoms with Gasteiger partial charge in [0.05, 0.1) is 17.5 Å². The van der Waals surface area contributed by atoms with E-state index in [-0.39, 0.29) is 5.69 Å². The molecule has 3 nitrogen and oxygen atoms in total. The van der Waals surface area contributed by atoms with Crippen molar-refractivity contribution in [1.29, 1.82) is 0 Å². The number of amides is 1. The van der Waals surface area contributed by atoms with E-state index in [2.05, 4.69) is 21.2 Å². The first kappa shape index (κ1) is 11.9. The molecule has 0 unspecified atom stereocenters. The van der Waals surface area contributed by atoms with Gasteiger partial charge >= 0.3 is 0 Å². The number of anilines is 1. The molecule has 0 bridgehead atoms. The number of hydrogen-bond donors (Lipinski definition) is 1. The lowest BCUT2D eigenvalue weighted by Crippen LogP contribution is -2.13. The van der Waals surface area contributed by atoms with Crippen molar-refractivity contribution in [3.8, 4) is 0 Å². The molecule has 0 spiro atoms. The highest BCUT2D eigenvalue weighted by Gasteiger charge is 2.15. The predicted molar refractivity (Wildman–Crippen MR) is 65.5 cm³/mol. The predicted octanol–water partition coefficient (Wildman–Crippen LogP) is 3.74. The summed E-state index contributed by atoms with van der Waals surface area (Å²) in [5.41, 5.74) is 1.18. The number of halogens is 2. The van der Waals surface area contributed by atoms with E-state index in [9.17, 15) is 9.18 Å². The number of nitrogens with one attached hydrogen (secondary N) is 1. The molecule has 1 aromatic heterocycles. The third-order valence-electron chi connectivity index (χ3n) is 2.32. The van der Waals surface area contributed by atoms with E-state index in [1.807, 2.05) is 0 Å². The van der Waals surface area contributed by atoms with Crippen LogP contribution in [0.1, 0.15) is 15.9 Å². The van der Waals surface area contributed by atoms with Gasteiger partial charge in [-0.1, -0.05) is 12.1 Å². The first-order valence-electron chi connectivity index (χ1n) is 4.89. The minimum atomic E-state index is -0.460. The highest BCUT2D eigenvalue weighted by molar-refractivity contribution is 9.10. The first-order valence-corrected chi connectivity index (χ1v) is 5.68. The van der Waals surface area contributed by atoms with E-state index in [1.165, 1.54) is 18.4 Å². The third-order valence-corrected chi connectivity index (χ3v) is 2.94. The molecule has 0 atom stereocenters.